The number of aryl methyl sites for hydroxylation is 1. The summed E-state index contributed by atoms with van der Waals surface area (Å²) >= 11 is 1.17. The molecule has 1 atom stereocenters. The highest BCUT2D eigenvalue weighted by molar-refractivity contribution is 7.99. The van der Waals surface area contributed by atoms with Gasteiger partial charge in [0.05, 0.1) is 35.9 Å². The second-order valence-corrected chi connectivity index (χ2v) is 9.09. The number of hydrogen-bond donors (Lipinski definition) is 2. The van der Waals surface area contributed by atoms with Crippen molar-refractivity contribution in [3.05, 3.63) is 82.2 Å². The number of nitro groups is 1. The van der Waals surface area contributed by atoms with E-state index < -0.39 is 11.0 Å². The number of carbonyl (C=O) groups excluding carboxylic acids is 2. The first-order valence-corrected chi connectivity index (χ1v) is 12.3. The van der Waals surface area contributed by atoms with Gasteiger partial charge < -0.3 is 19.9 Å². The smallest absolute Gasteiger partial charge is 0.271 e. The highest BCUT2D eigenvalue weighted by atomic mass is 32.2. The third-order valence-corrected chi connectivity index (χ3v) is 6.35. The summed E-state index contributed by atoms with van der Waals surface area (Å²) in [7, 11) is 1.58. The van der Waals surface area contributed by atoms with Gasteiger partial charge in [0.25, 0.3) is 5.69 Å². The molecule has 1 unspecified atom stereocenters. The summed E-state index contributed by atoms with van der Waals surface area (Å²) in [6, 6.07) is 11.1. The Hall–Kier alpha value is -4.19. The molecule has 0 aliphatic carbocycles. The van der Waals surface area contributed by atoms with Crippen LogP contribution in [0.1, 0.15) is 29.9 Å². The van der Waals surface area contributed by atoms with Crippen molar-refractivity contribution in [1.29, 1.82) is 0 Å². The average molecular weight is 525 g/mol. The van der Waals surface area contributed by atoms with Crippen molar-refractivity contribution in [3.8, 4) is 5.75 Å². The molecule has 2 N–H and O–H groups in total. The van der Waals surface area contributed by atoms with E-state index in [0.29, 0.717) is 34.5 Å². The van der Waals surface area contributed by atoms with Crippen LogP contribution in [0.4, 0.5) is 11.4 Å². The maximum atomic E-state index is 12.6. The SMILES string of the molecule is C=CCn1c(SCC(=O)Nc2cc([N+](=O)[O-])ccc2C)nnc1C(C)NC(=O)Cc1ccc(OC)cc1. The van der Waals surface area contributed by atoms with Gasteiger partial charge in [-0.2, -0.15) is 0 Å². The Morgan fingerprint density at radius 3 is 2.59 bits per heavy atom. The van der Waals surface area contributed by atoms with Crippen molar-refractivity contribution in [2.45, 2.75) is 38.0 Å². The molecular weight excluding hydrogens is 496 g/mol. The van der Waals surface area contributed by atoms with Crippen molar-refractivity contribution in [1.82, 2.24) is 20.1 Å². The lowest BCUT2D eigenvalue weighted by Crippen LogP contribution is -2.30. The number of allylic oxidation sites excluding steroid dienone is 1. The van der Waals surface area contributed by atoms with Crippen LogP contribution in [0, 0.1) is 17.0 Å². The molecular formula is C25H28N6O5S. The maximum absolute atomic E-state index is 12.6. The lowest BCUT2D eigenvalue weighted by molar-refractivity contribution is -0.384. The van der Waals surface area contributed by atoms with E-state index >= 15 is 0 Å². The van der Waals surface area contributed by atoms with Crippen LogP contribution in [0.3, 0.4) is 0 Å². The van der Waals surface area contributed by atoms with Gasteiger partial charge in [0, 0.05) is 18.7 Å². The van der Waals surface area contributed by atoms with Crippen LogP contribution in [-0.4, -0.2) is 44.4 Å². The molecule has 0 spiro atoms. The molecule has 0 fully saturated rings. The van der Waals surface area contributed by atoms with Gasteiger partial charge in [0.15, 0.2) is 11.0 Å². The molecule has 194 valence electrons. The molecule has 2 aromatic carbocycles. The number of ether oxygens (including phenoxy) is 1. The van der Waals surface area contributed by atoms with Gasteiger partial charge in [-0.1, -0.05) is 36.0 Å². The highest BCUT2D eigenvalue weighted by Crippen LogP contribution is 2.24. The number of non-ortho nitro benzene ring substituents is 1. The molecule has 0 aliphatic rings. The summed E-state index contributed by atoms with van der Waals surface area (Å²) in [4.78, 5) is 35.7. The molecule has 0 radical (unpaired) electrons. The normalized spacial score (nSPS) is 11.4. The number of benzene rings is 2. The molecule has 0 saturated carbocycles. The molecule has 2 amide bonds. The number of hydrogen-bond acceptors (Lipinski definition) is 8. The maximum Gasteiger partial charge on any atom is 0.271 e. The number of amides is 2. The first kappa shape index (κ1) is 27.4. The largest absolute Gasteiger partial charge is 0.497 e. The van der Waals surface area contributed by atoms with Crippen LogP contribution >= 0.6 is 11.8 Å². The number of aromatic nitrogens is 3. The summed E-state index contributed by atoms with van der Waals surface area (Å²) in [5.74, 6) is 0.737. The van der Waals surface area contributed by atoms with Crippen molar-refractivity contribution in [3.63, 3.8) is 0 Å². The zero-order valence-electron chi connectivity index (χ0n) is 20.8. The predicted molar refractivity (Wildman–Crippen MR) is 141 cm³/mol. The molecule has 37 heavy (non-hydrogen) atoms. The summed E-state index contributed by atoms with van der Waals surface area (Å²) in [6.45, 7) is 7.72. The van der Waals surface area contributed by atoms with Crippen molar-refractivity contribution >= 4 is 35.0 Å². The predicted octanol–water partition coefficient (Wildman–Crippen LogP) is 3.84. The molecule has 12 heteroatoms. The molecule has 11 nitrogen and oxygen atoms in total. The lowest BCUT2D eigenvalue weighted by Gasteiger charge is -2.15. The Bertz CT molecular complexity index is 1290. The molecule has 3 aromatic rings. The fraction of sp³-hybridized carbons (Fsp3) is 0.280. The van der Waals surface area contributed by atoms with Gasteiger partial charge in [0.2, 0.25) is 11.8 Å². The summed E-state index contributed by atoms with van der Waals surface area (Å²) in [5.41, 5.74) is 1.83. The summed E-state index contributed by atoms with van der Waals surface area (Å²) in [6.07, 6.45) is 1.87. The van der Waals surface area contributed by atoms with Crippen molar-refractivity contribution in [2.75, 3.05) is 18.2 Å². The van der Waals surface area contributed by atoms with E-state index in [9.17, 15) is 19.7 Å². The van der Waals surface area contributed by atoms with E-state index in [-0.39, 0.29) is 29.7 Å². The molecule has 1 heterocycles. The quantitative estimate of drug-likeness (QED) is 0.158. The first-order valence-electron chi connectivity index (χ1n) is 11.4. The van der Waals surface area contributed by atoms with Crippen LogP contribution in [0.15, 0.2) is 60.3 Å². The Balaban J connectivity index is 1.63. The van der Waals surface area contributed by atoms with E-state index in [0.717, 1.165) is 5.56 Å². The lowest BCUT2D eigenvalue weighted by atomic mass is 10.1. The Labute approximate surface area is 218 Å². The number of methoxy groups -OCH3 is 1. The van der Waals surface area contributed by atoms with E-state index in [1.165, 1.54) is 23.9 Å². The Kier molecular flexibility index (Phi) is 9.39. The fourth-order valence-corrected chi connectivity index (χ4v) is 4.24. The minimum absolute atomic E-state index is 0.00954. The molecule has 0 saturated heterocycles. The Morgan fingerprint density at radius 1 is 1.22 bits per heavy atom. The number of anilines is 1. The van der Waals surface area contributed by atoms with Gasteiger partial charge in [-0.25, -0.2) is 0 Å². The van der Waals surface area contributed by atoms with E-state index in [2.05, 4.69) is 27.4 Å². The topological polar surface area (TPSA) is 141 Å². The van der Waals surface area contributed by atoms with Crippen LogP contribution in [0.5, 0.6) is 5.75 Å². The van der Waals surface area contributed by atoms with E-state index in [4.69, 9.17) is 4.74 Å². The number of nitrogens with zero attached hydrogens (tertiary/aromatic N) is 4. The molecule has 3 rings (SSSR count). The van der Waals surface area contributed by atoms with Gasteiger partial charge in [-0.05, 0) is 37.1 Å². The standard InChI is InChI=1S/C25H28N6O5S/c1-5-12-30-24(17(3)26-22(32)13-18-7-10-20(36-4)11-8-18)28-29-25(30)37-15-23(33)27-21-14-19(31(34)35)9-6-16(21)2/h5-11,14,17H,1,12-13,15H2,2-4H3,(H,26,32)(H,27,33). The van der Waals surface area contributed by atoms with Gasteiger partial charge in [-0.15, -0.1) is 16.8 Å². The highest BCUT2D eigenvalue weighted by Gasteiger charge is 2.20. The zero-order valence-corrected chi connectivity index (χ0v) is 21.6. The van der Waals surface area contributed by atoms with Gasteiger partial charge >= 0.3 is 0 Å². The van der Waals surface area contributed by atoms with E-state index in [1.54, 1.807) is 42.9 Å². The van der Waals surface area contributed by atoms with Gasteiger partial charge in [0.1, 0.15) is 5.75 Å². The van der Waals surface area contributed by atoms with Crippen LogP contribution in [0.2, 0.25) is 0 Å². The molecule has 0 bridgehead atoms. The monoisotopic (exact) mass is 524 g/mol. The van der Waals surface area contributed by atoms with Crippen LogP contribution in [-0.2, 0) is 22.6 Å². The number of rotatable bonds is 12. The number of carbonyl (C=O) groups is 2. The first-order chi connectivity index (χ1) is 17.7. The average Bonchev–Trinajstić information content (AvgIpc) is 3.27. The fourth-order valence-electron chi connectivity index (χ4n) is 3.49. The van der Waals surface area contributed by atoms with Crippen LogP contribution < -0.4 is 15.4 Å². The molecule has 0 aliphatic heterocycles. The minimum atomic E-state index is -0.514. The van der Waals surface area contributed by atoms with Crippen molar-refractivity contribution < 1.29 is 19.2 Å². The zero-order chi connectivity index (χ0) is 26.9. The number of thioether (sulfide) groups is 1. The second-order valence-electron chi connectivity index (χ2n) is 8.15. The van der Waals surface area contributed by atoms with E-state index in [1.807, 2.05) is 19.1 Å². The third kappa shape index (κ3) is 7.40. The van der Waals surface area contributed by atoms with Crippen molar-refractivity contribution in [2.24, 2.45) is 0 Å². The summed E-state index contributed by atoms with van der Waals surface area (Å²) < 4.78 is 6.92. The minimum Gasteiger partial charge on any atom is -0.497 e. The van der Waals surface area contributed by atoms with Gasteiger partial charge in [-0.3, -0.25) is 19.7 Å². The second kappa shape index (κ2) is 12.7. The van der Waals surface area contributed by atoms with Crippen LogP contribution in [0.25, 0.3) is 0 Å². The third-order valence-electron chi connectivity index (χ3n) is 5.38. The number of nitro benzene ring substituents is 1. The Morgan fingerprint density at radius 2 is 1.95 bits per heavy atom. The summed E-state index contributed by atoms with van der Waals surface area (Å²) in [5, 5.41) is 25.6. The molecule has 1 aromatic heterocycles. The number of nitrogens with one attached hydrogen (secondary N) is 2.